The fourth-order valence-corrected chi connectivity index (χ4v) is 1.44. The number of phenols is 1. The zero-order valence-corrected chi connectivity index (χ0v) is 11.1. The third-order valence-electron chi connectivity index (χ3n) is 2.21. The number of carbonyl (C=O) groups excluding carboxylic acids is 1. The van der Waals surface area contributed by atoms with Gasteiger partial charge in [0.2, 0.25) is 0 Å². The van der Waals surface area contributed by atoms with Crippen molar-refractivity contribution in [3.8, 4) is 5.75 Å². The first-order valence-electron chi connectivity index (χ1n) is 5.61. The van der Waals surface area contributed by atoms with Crippen molar-refractivity contribution in [2.75, 3.05) is 6.54 Å². The number of benzene rings is 1. The van der Waals surface area contributed by atoms with Gasteiger partial charge in [-0.05, 0) is 31.5 Å². The molecule has 5 nitrogen and oxygen atoms in total. The Hall–Kier alpha value is -1.75. The van der Waals surface area contributed by atoms with Gasteiger partial charge in [-0.2, -0.15) is 5.10 Å². The van der Waals surface area contributed by atoms with Crippen LogP contribution in [0.15, 0.2) is 23.3 Å². The molecule has 0 spiro atoms. The van der Waals surface area contributed by atoms with Gasteiger partial charge >= 0.3 is 6.03 Å². The average molecular weight is 270 g/mol. The van der Waals surface area contributed by atoms with E-state index >= 15 is 0 Å². The van der Waals surface area contributed by atoms with Gasteiger partial charge in [-0.25, -0.2) is 10.2 Å². The monoisotopic (exact) mass is 269 g/mol. The molecule has 0 aromatic heterocycles. The number of hydrazone groups is 1. The Morgan fingerprint density at radius 2 is 2.22 bits per heavy atom. The molecule has 2 amide bonds. The number of rotatable bonds is 4. The fourth-order valence-electron chi connectivity index (χ4n) is 1.27. The van der Waals surface area contributed by atoms with Crippen molar-refractivity contribution in [2.45, 2.75) is 20.3 Å². The predicted molar refractivity (Wildman–Crippen MR) is 72.2 cm³/mol. The zero-order valence-electron chi connectivity index (χ0n) is 10.3. The number of aromatic hydroxyl groups is 1. The van der Waals surface area contributed by atoms with E-state index < -0.39 is 0 Å². The van der Waals surface area contributed by atoms with E-state index in [9.17, 15) is 9.90 Å². The molecule has 0 unspecified atom stereocenters. The van der Waals surface area contributed by atoms with Gasteiger partial charge in [0.25, 0.3) is 0 Å². The average Bonchev–Trinajstić information content (AvgIpc) is 2.36. The molecule has 0 aliphatic heterocycles. The van der Waals surface area contributed by atoms with Crippen LogP contribution in [0, 0.1) is 0 Å². The quantitative estimate of drug-likeness (QED) is 0.580. The smallest absolute Gasteiger partial charge is 0.335 e. The molecule has 3 N–H and O–H groups in total. The van der Waals surface area contributed by atoms with Crippen LogP contribution in [0.5, 0.6) is 5.75 Å². The van der Waals surface area contributed by atoms with E-state index in [0.717, 1.165) is 6.42 Å². The lowest BCUT2D eigenvalue weighted by Crippen LogP contribution is -2.33. The minimum absolute atomic E-state index is 0.0661. The van der Waals surface area contributed by atoms with Crippen molar-refractivity contribution < 1.29 is 9.90 Å². The first-order valence-corrected chi connectivity index (χ1v) is 5.99. The van der Waals surface area contributed by atoms with Crippen molar-refractivity contribution in [3.05, 3.63) is 28.8 Å². The SMILES string of the molecule is CCCNC(=O)N/N=C(\C)c1cc(Cl)ccc1O. The molecule has 0 atom stereocenters. The van der Waals surface area contributed by atoms with Crippen molar-refractivity contribution >= 4 is 23.3 Å². The van der Waals surface area contributed by atoms with Crippen LogP contribution in [0.3, 0.4) is 0 Å². The summed E-state index contributed by atoms with van der Waals surface area (Å²) in [6.07, 6.45) is 0.852. The molecule has 1 rings (SSSR count). The summed E-state index contributed by atoms with van der Waals surface area (Å²) in [7, 11) is 0. The fraction of sp³-hybridized carbons (Fsp3) is 0.333. The summed E-state index contributed by atoms with van der Waals surface area (Å²) < 4.78 is 0. The van der Waals surface area contributed by atoms with Crippen LogP contribution in [0.2, 0.25) is 5.02 Å². The van der Waals surface area contributed by atoms with Gasteiger partial charge in [-0.1, -0.05) is 18.5 Å². The van der Waals surface area contributed by atoms with Crippen molar-refractivity contribution in [3.63, 3.8) is 0 Å². The molecule has 6 heteroatoms. The van der Waals surface area contributed by atoms with Crippen molar-refractivity contribution in [2.24, 2.45) is 5.10 Å². The first-order chi connectivity index (χ1) is 8.54. The van der Waals surface area contributed by atoms with Gasteiger partial charge in [-0.15, -0.1) is 0 Å². The van der Waals surface area contributed by atoms with Crippen LogP contribution < -0.4 is 10.7 Å². The third kappa shape index (κ3) is 4.25. The molecule has 0 bridgehead atoms. The second-order valence-corrected chi connectivity index (χ2v) is 4.16. The molecule has 1 aromatic rings. The zero-order chi connectivity index (χ0) is 13.5. The molecule has 18 heavy (non-hydrogen) atoms. The highest BCUT2D eigenvalue weighted by atomic mass is 35.5. The normalized spacial score (nSPS) is 11.2. The van der Waals surface area contributed by atoms with Crippen LogP contribution in [0.4, 0.5) is 4.79 Å². The highest BCUT2D eigenvalue weighted by Crippen LogP contribution is 2.21. The number of phenolic OH excluding ortho intramolecular Hbond substituents is 1. The minimum Gasteiger partial charge on any atom is -0.507 e. The van der Waals surface area contributed by atoms with E-state index in [4.69, 9.17) is 11.6 Å². The van der Waals surface area contributed by atoms with E-state index in [0.29, 0.717) is 22.8 Å². The Morgan fingerprint density at radius 3 is 2.89 bits per heavy atom. The topological polar surface area (TPSA) is 73.7 Å². The summed E-state index contributed by atoms with van der Waals surface area (Å²) in [5, 5.41) is 16.6. The maximum atomic E-state index is 11.3. The van der Waals surface area contributed by atoms with Gasteiger partial charge in [-0.3, -0.25) is 0 Å². The van der Waals surface area contributed by atoms with E-state index in [1.807, 2.05) is 6.92 Å². The maximum Gasteiger partial charge on any atom is 0.335 e. The lowest BCUT2D eigenvalue weighted by Gasteiger charge is -2.06. The number of amides is 2. The summed E-state index contributed by atoms with van der Waals surface area (Å²) in [5.41, 5.74) is 3.30. The lowest BCUT2D eigenvalue weighted by molar-refractivity contribution is 0.241. The van der Waals surface area contributed by atoms with Crippen molar-refractivity contribution in [1.82, 2.24) is 10.7 Å². The van der Waals surface area contributed by atoms with Gasteiger partial charge in [0.05, 0.1) is 5.71 Å². The van der Waals surface area contributed by atoms with Crippen LogP contribution >= 0.6 is 11.6 Å². The number of carbonyl (C=O) groups is 1. The first kappa shape index (κ1) is 14.3. The van der Waals surface area contributed by atoms with Crippen LogP contribution in [0.1, 0.15) is 25.8 Å². The molecule has 98 valence electrons. The second-order valence-electron chi connectivity index (χ2n) is 3.73. The third-order valence-corrected chi connectivity index (χ3v) is 2.44. The maximum absolute atomic E-state index is 11.3. The predicted octanol–water partition coefficient (Wildman–Crippen LogP) is 2.48. The Kier molecular flexibility index (Phi) is 5.45. The Bertz CT molecular complexity index is 461. The highest BCUT2D eigenvalue weighted by Gasteiger charge is 2.06. The summed E-state index contributed by atoms with van der Waals surface area (Å²) >= 11 is 5.83. The molecule has 0 radical (unpaired) electrons. The molecule has 0 aliphatic carbocycles. The van der Waals surface area contributed by atoms with E-state index in [1.165, 1.54) is 6.07 Å². The summed E-state index contributed by atoms with van der Waals surface area (Å²) in [6.45, 7) is 4.22. The molecule has 0 saturated heterocycles. The van der Waals surface area contributed by atoms with E-state index in [-0.39, 0.29) is 11.8 Å². The number of hydrogen-bond acceptors (Lipinski definition) is 3. The van der Waals surface area contributed by atoms with Gasteiger partial charge in [0, 0.05) is 17.1 Å². The molecular weight excluding hydrogens is 254 g/mol. The summed E-state index contributed by atoms with van der Waals surface area (Å²) in [4.78, 5) is 11.3. The highest BCUT2D eigenvalue weighted by molar-refractivity contribution is 6.31. The molecule has 0 fully saturated rings. The number of nitrogens with zero attached hydrogens (tertiary/aromatic N) is 1. The van der Waals surface area contributed by atoms with Gasteiger partial charge in [0.1, 0.15) is 5.75 Å². The number of nitrogens with one attached hydrogen (secondary N) is 2. The largest absolute Gasteiger partial charge is 0.507 e. The minimum atomic E-state index is -0.377. The lowest BCUT2D eigenvalue weighted by atomic mass is 10.1. The molecular formula is C12H16ClN3O2. The number of urea groups is 1. The standard InChI is InChI=1S/C12H16ClN3O2/c1-3-6-14-12(18)16-15-8(2)10-7-9(13)4-5-11(10)17/h4-5,7,17H,3,6H2,1-2H3,(H2,14,16,18)/b15-8+. The summed E-state index contributed by atoms with van der Waals surface area (Å²) in [5.74, 6) is 0.0661. The summed E-state index contributed by atoms with van der Waals surface area (Å²) in [6, 6.07) is 4.27. The van der Waals surface area contributed by atoms with Crippen LogP contribution in [0.25, 0.3) is 0 Å². The van der Waals surface area contributed by atoms with Gasteiger partial charge in [0.15, 0.2) is 0 Å². The number of hydrogen-bond donors (Lipinski definition) is 3. The molecule has 0 aliphatic rings. The molecule has 0 heterocycles. The Balaban J connectivity index is 2.71. The van der Waals surface area contributed by atoms with E-state index in [1.54, 1.807) is 19.1 Å². The Labute approximate surface area is 111 Å². The van der Waals surface area contributed by atoms with Crippen LogP contribution in [-0.4, -0.2) is 23.4 Å². The van der Waals surface area contributed by atoms with Crippen LogP contribution in [-0.2, 0) is 0 Å². The molecule has 0 saturated carbocycles. The van der Waals surface area contributed by atoms with E-state index in [2.05, 4.69) is 15.8 Å². The van der Waals surface area contributed by atoms with Gasteiger partial charge < -0.3 is 10.4 Å². The number of halogens is 1. The second kappa shape index (κ2) is 6.86. The van der Waals surface area contributed by atoms with Crippen molar-refractivity contribution in [1.29, 1.82) is 0 Å². The molecule has 1 aromatic carbocycles. The Morgan fingerprint density at radius 1 is 1.50 bits per heavy atom.